The van der Waals surface area contributed by atoms with Crippen LogP contribution in [0.25, 0.3) is 0 Å². The quantitative estimate of drug-likeness (QED) is 0.900. The Hall–Kier alpha value is -2.20. The van der Waals surface area contributed by atoms with Crippen LogP contribution in [0.5, 0.6) is 0 Å². The van der Waals surface area contributed by atoms with Crippen LogP contribution < -0.4 is 5.32 Å². The number of benzene rings is 2. The van der Waals surface area contributed by atoms with Gasteiger partial charge < -0.3 is 10.4 Å². The molecule has 2 N–H and O–H groups in total. The molecule has 0 bridgehead atoms. The van der Waals surface area contributed by atoms with Crippen molar-refractivity contribution in [2.24, 2.45) is 0 Å². The molecule has 0 saturated carbocycles. The number of hydrogen-bond donors (Lipinski definition) is 2. The average molecular weight is 273 g/mol. The van der Waals surface area contributed by atoms with E-state index in [-0.39, 0.29) is 12.5 Å². The second-order valence-corrected chi connectivity index (χ2v) is 4.64. The summed E-state index contributed by atoms with van der Waals surface area (Å²) in [5, 5.41) is 11.5. The zero-order valence-electron chi connectivity index (χ0n) is 11.2. The first-order chi connectivity index (χ1) is 9.58. The third-order valence-corrected chi connectivity index (χ3v) is 2.92. The highest BCUT2D eigenvalue weighted by Gasteiger charge is 2.08. The third-order valence-electron chi connectivity index (χ3n) is 2.92. The Labute approximate surface area is 117 Å². The molecule has 0 spiro atoms. The summed E-state index contributed by atoms with van der Waals surface area (Å²) in [5.41, 5.74) is 2.63. The highest BCUT2D eigenvalue weighted by molar-refractivity contribution is 6.04. The average Bonchev–Trinajstić information content (AvgIpc) is 2.40. The Morgan fingerprint density at radius 2 is 1.90 bits per heavy atom. The fourth-order valence-corrected chi connectivity index (χ4v) is 1.95. The van der Waals surface area contributed by atoms with Gasteiger partial charge in [-0.25, -0.2) is 4.39 Å². The lowest BCUT2D eigenvalue weighted by molar-refractivity contribution is 0.102. The van der Waals surface area contributed by atoms with E-state index in [0.717, 1.165) is 5.56 Å². The monoisotopic (exact) mass is 273 g/mol. The van der Waals surface area contributed by atoms with Gasteiger partial charge in [0.05, 0.1) is 0 Å². The van der Waals surface area contributed by atoms with Crippen molar-refractivity contribution in [3.05, 3.63) is 65.0 Å². The van der Waals surface area contributed by atoms with E-state index in [0.29, 0.717) is 23.2 Å². The number of carbonyl (C=O) groups is 1. The first-order valence-electron chi connectivity index (χ1n) is 6.37. The number of nitrogens with one attached hydrogen (secondary N) is 1. The summed E-state index contributed by atoms with van der Waals surface area (Å²) in [5.74, 6) is -0.768. The van der Waals surface area contributed by atoms with Crippen molar-refractivity contribution in [3.63, 3.8) is 0 Å². The topological polar surface area (TPSA) is 49.3 Å². The molecular formula is C16H16FNO2. The van der Waals surface area contributed by atoms with Gasteiger partial charge in [0.15, 0.2) is 0 Å². The number of rotatable bonds is 4. The van der Waals surface area contributed by atoms with Crippen LogP contribution in [0.3, 0.4) is 0 Å². The number of amides is 1. The van der Waals surface area contributed by atoms with Gasteiger partial charge in [-0.15, -0.1) is 0 Å². The van der Waals surface area contributed by atoms with Gasteiger partial charge in [-0.3, -0.25) is 4.79 Å². The molecule has 0 atom stereocenters. The molecule has 104 valence electrons. The van der Waals surface area contributed by atoms with Crippen LogP contribution in [-0.4, -0.2) is 17.6 Å². The molecule has 2 aromatic carbocycles. The van der Waals surface area contributed by atoms with Crippen molar-refractivity contribution >= 4 is 11.6 Å². The zero-order chi connectivity index (χ0) is 14.5. The van der Waals surface area contributed by atoms with Crippen LogP contribution in [0.1, 0.15) is 21.5 Å². The lowest BCUT2D eigenvalue weighted by Crippen LogP contribution is -2.12. The molecule has 0 aliphatic heterocycles. The van der Waals surface area contributed by atoms with Gasteiger partial charge in [0.1, 0.15) is 5.82 Å². The summed E-state index contributed by atoms with van der Waals surface area (Å²) < 4.78 is 13.3. The van der Waals surface area contributed by atoms with Crippen LogP contribution in [0.15, 0.2) is 42.5 Å². The van der Waals surface area contributed by atoms with Gasteiger partial charge in [0.25, 0.3) is 5.91 Å². The molecule has 1 amide bonds. The van der Waals surface area contributed by atoms with Crippen LogP contribution in [0, 0.1) is 12.7 Å². The fraction of sp³-hybridized carbons (Fsp3) is 0.188. The Morgan fingerprint density at radius 3 is 2.50 bits per heavy atom. The first-order valence-corrected chi connectivity index (χ1v) is 6.37. The van der Waals surface area contributed by atoms with Crippen molar-refractivity contribution in [1.29, 1.82) is 0 Å². The second-order valence-electron chi connectivity index (χ2n) is 4.64. The van der Waals surface area contributed by atoms with E-state index in [9.17, 15) is 9.18 Å². The van der Waals surface area contributed by atoms with E-state index in [1.165, 1.54) is 12.1 Å². The summed E-state index contributed by atoms with van der Waals surface area (Å²) in [7, 11) is 0. The number of aliphatic hydroxyl groups excluding tert-OH is 1. The van der Waals surface area contributed by atoms with Crippen LogP contribution in [0.4, 0.5) is 10.1 Å². The first kappa shape index (κ1) is 14.2. The third kappa shape index (κ3) is 3.65. The standard InChI is InChI=1S/C16H16FNO2/c1-11-8-13(10-14(17)9-11)16(20)18-15-4-2-12(3-5-15)6-7-19/h2-5,8-10,19H,6-7H2,1H3,(H,18,20). The minimum absolute atomic E-state index is 0.0915. The van der Waals surface area contributed by atoms with Gasteiger partial charge in [0, 0.05) is 17.9 Å². The molecule has 0 radical (unpaired) electrons. The smallest absolute Gasteiger partial charge is 0.255 e. The summed E-state index contributed by atoms with van der Waals surface area (Å²) in [6.07, 6.45) is 0.581. The Bertz CT molecular complexity index is 588. The van der Waals surface area contributed by atoms with E-state index in [1.54, 1.807) is 25.1 Å². The van der Waals surface area contributed by atoms with E-state index < -0.39 is 5.82 Å². The van der Waals surface area contributed by atoms with Crippen LogP contribution in [0.2, 0.25) is 0 Å². The highest BCUT2D eigenvalue weighted by atomic mass is 19.1. The number of aliphatic hydroxyl groups is 1. The van der Waals surface area contributed by atoms with E-state index in [1.807, 2.05) is 12.1 Å². The number of carbonyl (C=O) groups excluding carboxylic acids is 1. The van der Waals surface area contributed by atoms with E-state index in [4.69, 9.17) is 5.11 Å². The molecule has 0 unspecified atom stereocenters. The van der Waals surface area contributed by atoms with Crippen molar-refractivity contribution in [2.45, 2.75) is 13.3 Å². The van der Waals surface area contributed by atoms with Gasteiger partial charge in [-0.05, 0) is 54.8 Å². The molecule has 2 rings (SSSR count). The number of halogens is 1. The lowest BCUT2D eigenvalue weighted by Gasteiger charge is -2.07. The number of anilines is 1. The molecule has 0 aliphatic rings. The van der Waals surface area contributed by atoms with Gasteiger partial charge in [0.2, 0.25) is 0 Å². The largest absolute Gasteiger partial charge is 0.396 e. The molecule has 20 heavy (non-hydrogen) atoms. The summed E-state index contributed by atoms with van der Waals surface area (Å²) in [6, 6.07) is 11.4. The predicted molar refractivity (Wildman–Crippen MR) is 76.3 cm³/mol. The molecule has 3 nitrogen and oxygen atoms in total. The van der Waals surface area contributed by atoms with E-state index in [2.05, 4.69) is 5.32 Å². The summed E-state index contributed by atoms with van der Waals surface area (Å²) >= 11 is 0. The summed E-state index contributed by atoms with van der Waals surface area (Å²) in [4.78, 5) is 12.0. The number of hydrogen-bond acceptors (Lipinski definition) is 2. The van der Waals surface area contributed by atoms with Gasteiger partial charge in [-0.2, -0.15) is 0 Å². The molecule has 4 heteroatoms. The predicted octanol–water partition coefficient (Wildman–Crippen LogP) is 2.92. The molecule has 0 aromatic heterocycles. The van der Waals surface area contributed by atoms with Crippen molar-refractivity contribution in [1.82, 2.24) is 0 Å². The van der Waals surface area contributed by atoms with Gasteiger partial charge >= 0.3 is 0 Å². The summed E-state index contributed by atoms with van der Waals surface area (Å²) in [6.45, 7) is 1.83. The molecule has 2 aromatic rings. The SMILES string of the molecule is Cc1cc(F)cc(C(=O)Nc2ccc(CCO)cc2)c1. The molecule has 0 aliphatic carbocycles. The normalized spacial score (nSPS) is 10.3. The van der Waals surface area contributed by atoms with Crippen molar-refractivity contribution in [3.8, 4) is 0 Å². The van der Waals surface area contributed by atoms with Crippen molar-refractivity contribution < 1.29 is 14.3 Å². The molecule has 0 heterocycles. The Kier molecular flexibility index (Phi) is 4.48. The van der Waals surface area contributed by atoms with E-state index >= 15 is 0 Å². The minimum Gasteiger partial charge on any atom is -0.396 e. The molecule has 0 fully saturated rings. The molecule has 0 saturated heterocycles. The zero-order valence-corrected chi connectivity index (χ0v) is 11.2. The highest BCUT2D eigenvalue weighted by Crippen LogP contribution is 2.13. The second kappa shape index (κ2) is 6.30. The molecular weight excluding hydrogens is 257 g/mol. The van der Waals surface area contributed by atoms with Crippen LogP contribution in [-0.2, 0) is 6.42 Å². The maximum atomic E-state index is 13.3. The maximum absolute atomic E-state index is 13.3. The van der Waals surface area contributed by atoms with Gasteiger partial charge in [-0.1, -0.05) is 12.1 Å². The van der Waals surface area contributed by atoms with Crippen molar-refractivity contribution in [2.75, 3.05) is 11.9 Å². The van der Waals surface area contributed by atoms with Crippen LogP contribution >= 0.6 is 0 Å². The Balaban J connectivity index is 2.10. The minimum atomic E-state index is -0.423. The number of aryl methyl sites for hydroxylation is 1. The Morgan fingerprint density at radius 1 is 1.20 bits per heavy atom. The lowest BCUT2D eigenvalue weighted by atomic mass is 10.1. The maximum Gasteiger partial charge on any atom is 0.255 e. The fourth-order valence-electron chi connectivity index (χ4n) is 1.95.